The van der Waals surface area contributed by atoms with Gasteiger partial charge in [0.2, 0.25) is 5.13 Å². The van der Waals surface area contributed by atoms with Crippen LogP contribution in [0.2, 0.25) is 5.02 Å². The van der Waals surface area contributed by atoms with Gasteiger partial charge in [-0.2, -0.15) is 23.3 Å². The van der Waals surface area contributed by atoms with E-state index in [1.807, 2.05) is 0 Å². The maximum absolute atomic E-state index is 14.1. The number of anilines is 1. The van der Waals surface area contributed by atoms with Gasteiger partial charge in [-0.25, -0.2) is 4.98 Å². The van der Waals surface area contributed by atoms with Gasteiger partial charge in [0.15, 0.2) is 0 Å². The molecule has 0 bridgehead atoms. The minimum Gasteiger partial charge on any atom is -0.492 e. The number of aliphatic hydroxyl groups is 1. The van der Waals surface area contributed by atoms with Gasteiger partial charge in [0.1, 0.15) is 12.4 Å². The predicted molar refractivity (Wildman–Crippen MR) is 108 cm³/mol. The maximum Gasteiger partial charge on any atom is 0.439 e. The molecule has 5 rings (SSSR count). The number of ether oxygens (including phenoxy) is 1. The smallest absolute Gasteiger partial charge is 0.439 e. The molecule has 0 saturated carbocycles. The molecule has 30 heavy (non-hydrogen) atoms. The van der Waals surface area contributed by atoms with Crippen LogP contribution in [0.3, 0.4) is 0 Å². The van der Waals surface area contributed by atoms with Crippen LogP contribution in [0.15, 0.2) is 59.0 Å². The van der Waals surface area contributed by atoms with Crippen molar-refractivity contribution in [1.82, 2.24) is 4.98 Å². The van der Waals surface area contributed by atoms with Crippen molar-refractivity contribution < 1.29 is 23.0 Å². The van der Waals surface area contributed by atoms with Crippen molar-refractivity contribution in [2.24, 2.45) is 11.0 Å². The van der Waals surface area contributed by atoms with Gasteiger partial charge in [0.25, 0.3) is 5.72 Å². The molecule has 2 aliphatic rings. The van der Waals surface area contributed by atoms with E-state index in [1.54, 1.807) is 53.9 Å². The number of alkyl halides is 3. The van der Waals surface area contributed by atoms with Gasteiger partial charge in [-0.1, -0.05) is 35.9 Å². The van der Waals surface area contributed by atoms with Crippen molar-refractivity contribution in [3.05, 3.63) is 64.5 Å². The number of aromatic nitrogens is 1. The number of thiazole rings is 1. The molecule has 1 aromatic heterocycles. The molecule has 2 aliphatic heterocycles. The normalized spacial score (nSPS) is 22.9. The minimum absolute atomic E-state index is 0.0702. The SMILES string of the molecule is O[C@@]1(C(F)(F)F)[C@H]2COc3ccccc3C2=NN1c1nc(-c2ccc(Cl)cc2)cs1. The minimum atomic E-state index is -5.00. The van der Waals surface area contributed by atoms with Crippen LogP contribution in [-0.4, -0.2) is 34.3 Å². The fourth-order valence-corrected chi connectivity index (χ4v) is 4.59. The first-order chi connectivity index (χ1) is 14.3. The lowest BCUT2D eigenvalue weighted by molar-refractivity contribution is -0.270. The lowest BCUT2D eigenvalue weighted by atomic mass is 9.86. The van der Waals surface area contributed by atoms with Crippen LogP contribution in [0.25, 0.3) is 11.3 Å². The summed E-state index contributed by atoms with van der Waals surface area (Å²) in [5.74, 6) is -0.977. The quantitative estimate of drug-likeness (QED) is 0.599. The molecule has 0 aliphatic carbocycles. The molecule has 3 heterocycles. The number of hydrazone groups is 1. The Morgan fingerprint density at radius 3 is 2.63 bits per heavy atom. The van der Waals surface area contributed by atoms with Crippen LogP contribution >= 0.6 is 22.9 Å². The average molecular weight is 452 g/mol. The van der Waals surface area contributed by atoms with E-state index in [-0.39, 0.29) is 17.5 Å². The standard InChI is InChI=1S/C20H13ClF3N3O2S/c21-12-7-5-11(6-8-12)15-10-30-18(25-15)27-19(28,20(22,23)24)14-9-29-16-4-2-1-3-13(16)17(14)26-27/h1-8,10,14,28H,9H2/t14-,19+/m0/s1. The first-order valence-electron chi connectivity index (χ1n) is 8.90. The molecule has 3 aromatic rings. The van der Waals surface area contributed by atoms with E-state index < -0.39 is 17.8 Å². The first-order valence-corrected chi connectivity index (χ1v) is 10.2. The van der Waals surface area contributed by atoms with Crippen LogP contribution in [0, 0.1) is 5.92 Å². The Kier molecular flexibility index (Phi) is 4.32. The number of fused-ring (bicyclic) bond motifs is 3. The molecular formula is C20H13ClF3N3O2S. The lowest BCUT2D eigenvalue weighted by Gasteiger charge is -2.38. The lowest BCUT2D eigenvalue weighted by Crippen LogP contribution is -2.61. The van der Waals surface area contributed by atoms with E-state index in [0.717, 1.165) is 11.3 Å². The number of nitrogens with zero attached hydrogens (tertiary/aromatic N) is 3. The third-order valence-electron chi connectivity index (χ3n) is 5.15. The van der Waals surface area contributed by atoms with E-state index in [2.05, 4.69) is 10.1 Å². The molecule has 0 saturated heterocycles. The van der Waals surface area contributed by atoms with Crippen LogP contribution in [0.4, 0.5) is 18.3 Å². The van der Waals surface area contributed by atoms with Crippen LogP contribution in [-0.2, 0) is 0 Å². The maximum atomic E-state index is 14.1. The number of hydrogen-bond donors (Lipinski definition) is 1. The number of para-hydroxylation sites is 1. The van der Waals surface area contributed by atoms with Crippen LogP contribution < -0.4 is 9.75 Å². The summed E-state index contributed by atoms with van der Waals surface area (Å²) in [6.45, 7) is -0.349. The molecular weight excluding hydrogens is 439 g/mol. The summed E-state index contributed by atoms with van der Waals surface area (Å²) >= 11 is 6.86. The largest absolute Gasteiger partial charge is 0.492 e. The van der Waals surface area contributed by atoms with Gasteiger partial charge < -0.3 is 9.84 Å². The molecule has 5 nitrogen and oxygen atoms in total. The van der Waals surface area contributed by atoms with Crippen molar-refractivity contribution in [2.45, 2.75) is 11.9 Å². The molecule has 0 spiro atoms. The summed E-state index contributed by atoms with van der Waals surface area (Å²) in [6, 6.07) is 13.5. The van der Waals surface area contributed by atoms with Crippen LogP contribution in [0.1, 0.15) is 5.56 Å². The summed E-state index contributed by atoms with van der Waals surface area (Å²) in [5.41, 5.74) is -1.57. The zero-order valence-electron chi connectivity index (χ0n) is 15.1. The third-order valence-corrected chi connectivity index (χ3v) is 6.21. The fraction of sp³-hybridized carbons (Fsp3) is 0.200. The molecule has 0 amide bonds. The molecule has 0 radical (unpaired) electrons. The Morgan fingerprint density at radius 1 is 1.17 bits per heavy atom. The zero-order chi connectivity index (χ0) is 21.1. The van der Waals surface area contributed by atoms with E-state index >= 15 is 0 Å². The van der Waals surface area contributed by atoms with Crippen molar-refractivity contribution >= 4 is 33.8 Å². The van der Waals surface area contributed by atoms with Gasteiger partial charge in [-0.3, -0.25) is 0 Å². The van der Waals surface area contributed by atoms with Gasteiger partial charge in [0, 0.05) is 21.5 Å². The highest BCUT2D eigenvalue weighted by Crippen LogP contribution is 2.50. The molecule has 154 valence electrons. The van der Waals surface area contributed by atoms with E-state index in [4.69, 9.17) is 16.3 Å². The highest BCUT2D eigenvalue weighted by Gasteiger charge is 2.69. The van der Waals surface area contributed by atoms with Gasteiger partial charge in [0.05, 0.1) is 17.3 Å². The first kappa shape index (κ1) is 19.3. The summed E-state index contributed by atoms with van der Waals surface area (Å²) in [5, 5.41) is 17.8. The second-order valence-electron chi connectivity index (χ2n) is 6.90. The predicted octanol–water partition coefficient (Wildman–Crippen LogP) is 4.95. The Morgan fingerprint density at radius 2 is 1.90 bits per heavy atom. The summed E-state index contributed by atoms with van der Waals surface area (Å²) < 4.78 is 47.9. The van der Waals surface area contributed by atoms with Crippen LogP contribution in [0.5, 0.6) is 5.75 Å². The summed E-state index contributed by atoms with van der Waals surface area (Å²) in [7, 11) is 0. The third kappa shape index (κ3) is 2.80. The number of benzene rings is 2. The second kappa shape index (κ2) is 6.69. The van der Waals surface area contributed by atoms with Crippen molar-refractivity contribution in [2.75, 3.05) is 11.6 Å². The van der Waals surface area contributed by atoms with Crippen molar-refractivity contribution in [3.63, 3.8) is 0 Å². The zero-order valence-corrected chi connectivity index (χ0v) is 16.7. The van der Waals surface area contributed by atoms with Crippen molar-refractivity contribution in [1.29, 1.82) is 0 Å². The monoisotopic (exact) mass is 451 g/mol. The second-order valence-corrected chi connectivity index (χ2v) is 8.18. The molecule has 2 atom stereocenters. The molecule has 1 N–H and O–H groups in total. The Bertz CT molecular complexity index is 1150. The topological polar surface area (TPSA) is 58.0 Å². The number of hydrogen-bond acceptors (Lipinski definition) is 6. The molecule has 0 unspecified atom stereocenters. The fourth-order valence-electron chi connectivity index (χ4n) is 3.63. The van der Waals surface area contributed by atoms with Gasteiger partial charge >= 0.3 is 6.18 Å². The average Bonchev–Trinajstić information content (AvgIpc) is 3.32. The molecule has 0 fully saturated rings. The summed E-state index contributed by atoms with van der Waals surface area (Å²) in [6.07, 6.45) is -5.00. The molecule has 2 aromatic carbocycles. The Labute approximate surface area is 178 Å². The van der Waals surface area contributed by atoms with E-state index in [0.29, 0.717) is 32.6 Å². The Hall–Kier alpha value is -2.62. The number of halogens is 4. The van der Waals surface area contributed by atoms with Gasteiger partial charge in [-0.15, -0.1) is 11.3 Å². The van der Waals surface area contributed by atoms with E-state index in [1.165, 1.54) is 0 Å². The van der Waals surface area contributed by atoms with E-state index in [9.17, 15) is 18.3 Å². The van der Waals surface area contributed by atoms with Gasteiger partial charge in [-0.05, 0) is 24.3 Å². The number of rotatable bonds is 2. The highest BCUT2D eigenvalue weighted by molar-refractivity contribution is 7.14. The molecule has 10 heteroatoms. The van der Waals surface area contributed by atoms with Crippen molar-refractivity contribution in [3.8, 4) is 17.0 Å². The highest BCUT2D eigenvalue weighted by atomic mass is 35.5. The Balaban J connectivity index is 1.61. The summed E-state index contributed by atoms with van der Waals surface area (Å²) in [4.78, 5) is 4.31.